The molecular formula is C24H22N2O3. The number of hydrogen-bond acceptors (Lipinski definition) is 5. The van der Waals surface area contributed by atoms with Crippen molar-refractivity contribution in [3.05, 3.63) is 94.5 Å². The van der Waals surface area contributed by atoms with E-state index in [1.54, 1.807) is 25.3 Å². The van der Waals surface area contributed by atoms with E-state index in [0.717, 1.165) is 0 Å². The molecule has 2 heterocycles. The van der Waals surface area contributed by atoms with Gasteiger partial charge in [0, 0.05) is 25.4 Å². The van der Waals surface area contributed by atoms with Crippen LogP contribution >= 0.6 is 0 Å². The third-order valence-corrected chi connectivity index (χ3v) is 4.91. The number of rotatable bonds is 5. The number of benzene rings is 2. The Labute approximate surface area is 169 Å². The third kappa shape index (κ3) is 3.91. The molecule has 146 valence electrons. The van der Waals surface area contributed by atoms with Crippen molar-refractivity contribution < 1.29 is 14.6 Å². The van der Waals surface area contributed by atoms with Gasteiger partial charge >= 0.3 is 0 Å². The van der Waals surface area contributed by atoms with Crippen LogP contribution in [0.5, 0.6) is 11.5 Å². The van der Waals surface area contributed by atoms with Gasteiger partial charge in [0.05, 0.1) is 16.8 Å². The molecule has 0 spiro atoms. The van der Waals surface area contributed by atoms with Crippen LogP contribution in [0.1, 0.15) is 32.7 Å². The van der Waals surface area contributed by atoms with Crippen molar-refractivity contribution in [2.75, 3.05) is 7.05 Å². The summed E-state index contributed by atoms with van der Waals surface area (Å²) in [7, 11) is 1.97. The molecule has 1 aliphatic rings. The zero-order valence-corrected chi connectivity index (χ0v) is 16.4. The van der Waals surface area contributed by atoms with Crippen LogP contribution in [-0.2, 0) is 13.1 Å². The Kier molecular flexibility index (Phi) is 5.14. The zero-order chi connectivity index (χ0) is 20.4. The van der Waals surface area contributed by atoms with Gasteiger partial charge in [-0.2, -0.15) is 0 Å². The minimum absolute atomic E-state index is 0.132. The van der Waals surface area contributed by atoms with Crippen LogP contribution in [0.4, 0.5) is 0 Å². The largest absolute Gasteiger partial charge is 0.507 e. The number of fused-ring (bicyclic) bond motifs is 1. The first-order chi connectivity index (χ1) is 14.0. The quantitative estimate of drug-likeness (QED) is 0.661. The van der Waals surface area contributed by atoms with Gasteiger partial charge in [0.2, 0.25) is 5.78 Å². The number of ketones is 1. The van der Waals surface area contributed by atoms with E-state index in [4.69, 9.17) is 4.74 Å². The molecule has 5 nitrogen and oxygen atoms in total. The van der Waals surface area contributed by atoms with Crippen molar-refractivity contribution in [1.82, 2.24) is 9.88 Å². The molecule has 1 aromatic heterocycles. The number of Topliss-reactive ketones (excluding diaryl/α,β-unsaturated/α-hetero) is 1. The molecule has 0 saturated carbocycles. The van der Waals surface area contributed by atoms with Gasteiger partial charge in [-0.1, -0.05) is 36.4 Å². The maximum Gasteiger partial charge on any atom is 0.232 e. The fraction of sp³-hybridized carbons (Fsp3) is 0.167. The molecule has 0 fully saturated rings. The van der Waals surface area contributed by atoms with E-state index < -0.39 is 0 Å². The molecule has 1 aliphatic heterocycles. The maximum atomic E-state index is 12.9. The SMILES string of the molecule is Cc1cc(O)c(CN(C)Cc2ccccc2)c2c1C(=O)/C(=C/c1ccccn1)O2. The predicted octanol–water partition coefficient (Wildman–Crippen LogP) is 4.34. The average Bonchev–Trinajstić information content (AvgIpc) is 3.03. The molecule has 2 aromatic carbocycles. The molecule has 0 saturated heterocycles. The van der Waals surface area contributed by atoms with Gasteiger partial charge in [0.25, 0.3) is 0 Å². The summed E-state index contributed by atoms with van der Waals surface area (Å²) >= 11 is 0. The van der Waals surface area contributed by atoms with E-state index in [1.807, 2.05) is 43.4 Å². The van der Waals surface area contributed by atoms with E-state index in [-0.39, 0.29) is 17.3 Å². The lowest BCUT2D eigenvalue weighted by atomic mass is 9.99. The van der Waals surface area contributed by atoms with Gasteiger partial charge in [0.15, 0.2) is 5.76 Å². The first kappa shape index (κ1) is 18.9. The number of carbonyl (C=O) groups is 1. The van der Waals surface area contributed by atoms with Gasteiger partial charge in [0.1, 0.15) is 11.5 Å². The summed E-state index contributed by atoms with van der Waals surface area (Å²) in [6.45, 7) is 2.97. The number of ether oxygens (including phenoxy) is 1. The Bertz CT molecular complexity index is 1080. The van der Waals surface area contributed by atoms with Crippen LogP contribution in [0.2, 0.25) is 0 Å². The molecule has 5 heteroatoms. The lowest BCUT2D eigenvalue weighted by Crippen LogP contribution is -2.17. The molecular weight excluding hydrogens is 364 g/mol. The molecule has 0 atom stereocenters. The monoisotopic (exact) mass is 386 g/mol. The number of allylic oxidation sites excluding steroid dienone is 1. The molecule has 0 amide bonds. The van der Waals surface area contributed by atoms with E-state index in [1.165, 1.54) is 5.56 Å². The number of nitrogens with zero attached hydrogens (tertiary/aromatic N) is 2. The van der Waals surface area contributed by atoms with Crippen LogP contribution in [0, 0.1) is 6.92 Å². The van der Waals surface area contributed by atoms with Gasteiger partial charge in [-0.25, -0.2) is 0 Å². The molecule has 0 aliphatic carbocycles. The number of phenols is 1. The summed E-state index contributed by atoms with van der Waals surface area (Å²) in [5, 5.41) is 10.6. The number of carbonyl (C=O) groups excluding carboxylic acids is 1. The second kappa shape index (κ2) is 7.89. The standard InChI is InChI=1S/C24H22N2O3/c1-16-12-20(27)19(15-26(2)14-17-8-4-3-5-9-17)24-22(16)23(28)21(29-24)13-18-10-6-7-11-25-18/h3-13,27H,14-15H2,1-2H3/b21-13-. The summed E-state index contributed by atoms with van der Waals surface area (Å²) in [4.78, 5) is 19.3. The maximum absolute atomic E-state index is 12.9. The van der Waals surface area contributed by atoms with Gasteiger partial charge in [-0.15, -0.1) is 0 Å². The van der Waals surface area contributed by atoms with Crippen molar-refractivity contribution in [2.45, 2.75) is 20.0 Å². The van der Waals surface area contributed by atoms with Crippen molar-refractivity contribution >= 4 is 11.9 Å². The molecule has 0 radical (unpaired) electrons. The Morgan fingerprint density at radius 1 is 1.10 bits per heavy atom. The first-order valence-corrected chi connectivity index (χ1v) is 9.46. The Morgan fingerprint density at radius 2 is 1.86 bits per heavy atom. The number of hydrogen-bond donors (Lipinski definition) is 1. The molecule has 0 unspecified atom stereocenters. The average molecular weight is 386 g/mol. The molecule has 0 bridgehead atoms. The lowest BCUT2D eigenvalue weighted by molar-refractivity contribution is 0.101. The smallest absolute Gasteiger partial charge is 0.232 e. The van der Waals surface area contributed by atoms with E-state index in [0.29, 0.717) is 41.2 Å². The Morgan fingerprint density at radius 3 is 2.59 bits per heavy atom. The van der Waals surface area contributed by atoms with Crippen LogP contribution in [0.3, 0.4) is 0 Å². The third-order valence-electron chi connectivity index (χ3n) is 4.91. The molecule has 3 aromatic rings. The Hall–Kier alpha value is -3.44. The highest BCUT2D eigenvalue weighted by molar-refractivity contribution is 6.15. The number of aromatic nitrogens is 1. The molecule has 4 rings (SSSR count). The highest BCUT2D eigenvalue weighted by Crippen LogP contribution is 2.42. The van der Waals surface area contributed by atoms with Crippen molar-refractivity contribution in [2.24, 2.45) is 0 Å². The minimum atomic E-state index is -0.185. The number of aryl methyl sites for hydroxylation is 1. The van der Waals surface area contributed by atoms with E-state index in [2.05, 4.69) is 22.0 Å². The first-order valence-electron chi connectivity index (χ1n) is 9.46. The molecule has 29 heavy (non-hydrogen) atoms. The van der Waals surface area contributed by atoms with Gasteiger partial charge in [-0.05, 0) is 43.3 Å². The lowest BCUT2D eigenvalue weighted by Gasteiger charge is -2.19. The van der Waals surface area contributed by atoms with Crippen LogP contribution in [0.15, 0.2) is 66.6 Å². The fourth-order valence-corrected chi connectivity index (χ4v) is 3.55. The van der Waals surface area contributed by atoms with Crippen LogP contribution in [-0.4, -0.2) is 27.8 Å². The summed E-state index contributed by atoms with van der Waals surface area (Å²) in [6, 6.07) is 17.2. The number of aromatic hydroxyl groups is 1. The van der Waals surface area contributed by atoms with Crippen molar-refractivity contribution in [3.8, 4) is 11.5 Å². The zero-order valence-electron chi connectivity index (χ0n) is 16.4. The topological polar surface area (TPSA) is 62.7 Å². The van der Waals surface area contributed by atoms with Crippen LogP contribution < -0.4 is 4.74 Å². The molecule has 1 N–H and O–H groups in total. The highest BCUT2D eigenvalue weighted by atomic mass is 16.5. The summed E-state index contributed by atoms with van der Waals surface area (Å²) in [5.74, 6) is 0.608. The van der Waals surface area contributed by atoms with Gasteiger partial charge < -0.3 is 9.84 Å². The fourth-order valence-electron chi connectivity index (χ4n) is 3.55. The normalized spacial score (nSPS) is 14.3. The number of pyridine rings is 1. The van der Waals surface area contributed by atoms with E-state index in [9.17, 15) is 9.90 Å². The Balaban J connectivity index is 1.65. The number of phenolic OH excluding ortho intramolecular Hbond substituents is 1. The minimum Gasteiger partial charge on any atom is -0.507 e. The highest BCUT2D eigenvalue weighted by Gasteiger charge is 2.33. The second-order valence-electron chi connectivity index (χ2n) is 7.25. The van der Waals surface area contributed by atoms with Gasteiger partial charge in [-0.3, -0.25) is 14.7 Å². The van der Waals surface area contributed by atoms with Crippen LogP contribution in [0.25, 0.3) is 6.08 Å². The van der Waals surface area contributed by atoms with E-state index >= 15 is 0 Å². The summed E-state index contributed by atoms with van der Waals surface area (Å²) in [5.41, 5.74) is 3.63. The van der Waals surface area contributed by atoms with Crippen molar-refractivity contribution in [1.29, 1.82) is 0 Å². The predicted molar refractivity (Wildman–Crippen MR) is 112 cm³/mol. The second-order valence-corrected chi connectivity index (χ2v) is 7.25. The summed E-state index contributed by atoms with van der Waals surface area (Å²) in [6.07, 6.45) is 3.30. The van der Waals surface area contributed by atoms with Crippen molar-refractivity contribution in [3.63, 3.8) is 0 Å². The summed E-state index contributed by atoms with van der Waals surface area (Å²) < 4.78 is 5.95.